The maximum absolute atomic E-state index is 11.8. The number of carbonyl (C=O) groups is 2. The van der Waals surface area contributed by atoms with E-state index in [0.717, 1.165) is 31.2 Å². The second kappa shape index (κ2) is 12.9. The maximum Gasteiger partial charge on any atom is 0.336 e. The van der Waals surface area contributed by atoms with Crippen LogP contribution in [0.4, 0.5) is 0 Å². The lowest BCUT2D eigenvalue weighted by atomic mass is 10.0. The number of hydrogen-bond acceptors (Lipinski definition) is 4. The van der Waals surface area contributed by atoms with Crippen molar-refractivity contribution in [2.24, 2.45) is 11.7 Å². The van der Waals surface area contributed by atoms with E-state index in [1.807, 2.05) is 30.3 Å². The highest BCUT2D eigenvalue weighted by Crippen LogP contribution is 2.11. The van der Waals surface area contributed by atoms with E-state index in [1.54, 1.807) is 6.92 Å². The molecule has 0 saturated heterocycles. The number of hydrogen-bond donors (Lipinski definition) is 2. The molecule has 1 amide bonds. The van der Waals surface area contributed by atoms with Crippen LogP contribution < -0.4 is 11.2 Å². The normalized spacial score (nSPS) is 11.2. The van der Waals surface area contributed by atoms with E-state index in [1.165, 1.54) is 11.1 Å². The Bertz CT molecular complexity index is 720. The molecule has 2 rings (SSSR count). The number of nitrogens with one attached hydrogen (secondary N) is 1. The number of nitrogens with two attached hydrogens (primary N) is 1. The van der Waals surface area contributed by atoms with E-state index < -0.39 is 11.9 Å². The highest BCUT2D eigenvalue weighted by Gasteiger charge is 2.14. The smallest absolute Gasteiger partial charge is 0.336 e. The number of carbonyl (C=O) groups excluding carboxylic acids is 2. The Morgan fingerprint density at radius 2 is 1.46 bits per heavy atom. The molecule has 0 saturated carbocycles. The summed E-state index contributed by atoms with van der Waals surface area (Å²) in [6.45, 7) is 1.83. The van der Waals surface area contributed by atoms with Crippen molar-refractivity contribution in [1.82, 2.24) is 5.48 Å². The number of rotatable bonds is 9. The summed E-state index contributed by atoms with van der Waals surface area (Å²) >= 11 is 0. The van der Waals surface area contributed by atoms with Crippen molar-refractivity contribution in [3.8, 4) is 0 Å². The van der Waals surface area contributed by atoms with Gasteiger partial charge in [-0.05, 0) is 42.4 Å². The zero-order valence-corrected chi connectivity index (χ0v) is 17.0. The summed E-state index contributed by atoms with van der Waals surface area (Å²) in [6.07, 6.45) is 4.57. The van der Waals surface area contributed by atoms with Gasteiger partial charge in [-0.25, -0.2) is 4.79 Å². The van der Waals surface area contributed by atoms with Crippen LogP contribution >= 0.6 is 12.4 Å². The van der Waals surface area contributed by atoms with Crippen molar-refractivity contribution in [1.29, 1.82) is 0 Å². The molecular weight excluding hydrogens is 376 g/mol. The van der Waals surface area contributed by atoms with Gasteiger partial charge >= 0.3 is 5.97 Å². The van der Waals surface area contributed by atoms with Gasteiger partial charge in [0.25, 0.3) is 5.91 Å². The molecule has 0 aliphatic rings. The molecule has 28 heavy (non-hydrogen) atoms. The first kappa shape index (κ1) is 23.7. The Balaban J connectivity index is 0.00000392. The molecule has 152 valence electrons. The van der Waals surface area contributed by atoms with Crippen molar-refractivity contribution in [3.63, 3.8) is 0 Å². The largest absolute Gasteiger partial charge is 0.340 e. The van der Waals surface area contributed by atoms with Gasteiger partial charge < -0.3 is 10.6 Å². The van der Waals surface area contributed by atoms with Gasteiger partial charge in [0.05, 0.1) is 12.3 Å². The van der Waals surface area contributed by atoms with Gasteiger partial charge in [-0.1, -0.05) is 61.5 Å². The molecule has 0 spiro atoms. The van der Waals surface area contributed by atoms with E-state index in [4.69, 9.17) is 10.6 Å². The van der Waals surface area contributed by atoms with Gasteiger partial charge in [-0.2, -0.15) is 5.48 Å². The van der Waals surface area contributed by atoms with Crippen LogP contribution in [0.25, 0.3) is 0 Å². The van der Waals surface area contributed by atoms with Crippen LogP contribution in [0.1, 0.15) is 36.5 Å². The molecule has 0 bridgehead atoms. The number of benzene rings is 2. The first-order valence-electron chi connectivity index (χ1n) is 9.40. The Kier molecular flexibility index (Phi) is 10.9. The number of aryl methyl sites for hydroxylation is 2. The number of halogens is 1. The molecule has 3 N–H and O–H groups in total. The lowest BCUT2D eigenvalue weighted by Gasteiger charge is -2.09. The van der Waals surface area contributed by atoms with Gasteiger partial charge in [-0.3, -0.25) is 4.79 Å². The minimum atomic E-state index is -0.531. The fraction of sp³-hybridized carbons (Fsp3) is 0.364. The summed E-state index contributed by atoms with van der Waals surface area (Å²) < 4.78 is 0. The van der Waals surface area contributed by atoms with E-state index >= 15 is 0 Å². The van der Waals surface area contributed by atoms with Crippen molar-refractivity contribution in [2.45, 2.75) is 39.0 Å². The second-order valence-corrected chi connectivity index (χ2v) is 6.77. The van der Waals surface area contributed by atoms with Crippen LogP contribution in [0.3, 0.4) is 0 Å². The Morgan fingerprint density at radius 1 is 0.929 bits per heavy atom. The highest BCUT2D eigenvalue weighted by atomic mass is 35.5. The fourth-order valence-electron chi connectivity index (χ4n) is 2.65. The Hall–Kier alpha value is -2.37. The standard InChI is InChI=1S/C22H28N2O3.ClH/c1-17(16-23)22(26)27-24-21(25)15-20-13-11-19(12-14-20)10-6-5-9-18-7-3-2-4-8-18;/h2-4,7-8,11-14,17H,5-6,9-10,15-16,23H2,1H3,(H,24,25);1H/t17-;/m0./s1. The predicted molar refractivity (Wildman–Crippen MR) is 113 cm³/mol. The first-order valence-corrected chi connectivity index (χ1v) is 9.40. The summed E-state index contributed by atoms with van der Waals surface area (Å²) in [5.41, 5.74) is 11.1. The second-order valence-electron chi connectivity index (χ2n) is 6.77. The molecule has 0 unspecified atom stereocenters. The van der Waals surface area contributed by atoms with Gasteiger partial charge in [0.15, 0.2) is 0 Å². The summed E-state index contributed by atoms with van der Waals surface area (Å²) in [5.74, 6) is -1.33. The molecule has 0 heterocycles. The fourth-order valence-corrected chi connectivity index (χ4v) is 2.65. The summed E-state index contributed by atoms with van der Waals surface area (Å²) in [6, 6.07) is 18.5. The first-order chi connectivity index (χ1) is 13.1. The molecular formula is C22H29ClN2O3. The SMILES string of the molecule is C[C@@H](CN)C(=O)ONC(=O)Cc1ccc(CCCCc2ccccc2)cc1.Cl. The van der Waals surface area contributed by atoms with E-state index in [9.17, 15) is 9.59 Å². The van der Waals surface area contributed by atoms with Crippen LogP contribution in [0.5, 0.6) is 0 Å². The van der Waals surface area contributed by atoms with Gasteiger partial charge in [0.1, 0.15) is 0 Å². The Labute approximate surface area is 173 Å². The van der Waals surface area contributed by atoms with E-state index in [0.29, 0.717) is 0 Å². The third kappa shape index (κ3) is 8.55. The zero-order valence-electron chi connectivity index (χ0n) is 16.2. The summed E-state index contributed by atoms with van der Waals surface area (Å²) in [5, 5.41) is 0. The molecule has 0 aliphatic carbocycles. The van der Waals surface area contributed by atoms with Crippen LogP contribution in [0.2, 0.25) is 0 Å². The molecule has 5 nitrogen and oxygen atoms in total. The van der Waals surface area contributed by atoms with Crippen LogP contribution in [0.15, 0.2) is 54.6 Å². The number of hydroxylamine groups is 1. The van der Waals surface area contributed by atoms with Gasteiger partial charge in [0, 0.05) is 6.54 Å². The third-order valence-electron chi connectivity index (χ3n) is 4.43. The quantitative estimate of drug-likeness (QED) is 0.495. The average Bonchev–Trinajstić information content (AvgIpc) is 2.70. The molecule has 6 heteroatoms. The minimum Gasteiger partial charge on any atom is -0.340 e. The predicted octanol–water partition coefficient (Wildman–Crippen LogP) is 3.39. The van der Waals surface area contributed by atoms with Crippen LogP contribution in [0, 0.1) is 5.92 Å². The monoisotopic (exact) mass is 404 g/mol. The molecule has 0 aromatic heterocycles. The molecule has 0 fully saturated rings. The number of amides is 1. The Morgan fingerprint density at radius 3 is 2.04 bits per heavy atom. The zero-order chi connectivity index (χ0) is 19.5. The lowest BCUT2D eigenvalue weighted by Crippen LogP contribution is -2.33. The summed E-state index contributed by atoms with van der Waals surface area (Å²) in [4.78, 5) is 28.0. The van der Waals surface area contributed by atoms with Crippen molar-refractivity contribution in [2.75, 3.05) is 6.54 Å². The maximum atomic E-state index is 11.8. The average molecular weight is 405 g/mol. The molecule has 2 aromatic carbocycles. The van der Waals surface area contributed by atoms with E-state index in [2.05, 4.69) is 29.7 Å². The molecule has 2 aromatic rings. The topological polar surface area (TPSA) is 81.4 Å². The van der Waals surface area contributed by atoms with Crippen LogP contribution in [-0.4, -0.2) is 18.4 Å². The number of unbranched alkanes of at least 4 members (excludes halogenated alkanes) is 1. The molecule has 0 radical (unpaired) electrons. The van der Waals surface area contributed by atoms with Gasteiger partial charge in [-0.15, -0.1) is 12.4 Å². The lowest BCUT2D eigenvalue weighted by molar-refractivity contribution is -0.161. The molecule has 1 atom stereocenters. The third-order valence-corrected chi connectivity index (χ3v) is 4.43. The van der Waals surface area contributed by atoms with E-state index in [-0.39, 0.29) is 31.3 Å². The molecule has 0 aliphatic heterocycles. The van der Waals surface area contributed by atoms with Gasteiger partial charge in [0.2, 0.25) is 0 Å². The minimum absolute atomic E-state index is 0. The highest BCUT2D eigenvalue weighted by molar-refractivity contribution is 5.85. The van der Waals surface area contributed by atoms with Crippen molar-refractivity contribution < 1.29 is 14.4 Å². The summed E-state index contributed by atoms with van der Waals surface area (Å²) in [7, 11) is 0. The van der Waals surface area contributed by atoms with Crippen LogP contribution in [-0.2, 0) is 33.7 Å². The van der Waals surface area contributed by atoms with Crippen molar-refractivity contribution in [3.05, 3.63) is 71.3 Å². The van der Waals surface area contributed by atoms with Crippen molar-refractivity contribution >= 4 is 24.3 Å².